The van der Waals surface area contributed by atoms with Crippen LogP contribution < -0.4 is 5.73 Å². The van der Waals surface area contributed by atoms with Gasteiger partial charge in [0.25, 0.3) is 0 Å². The number of hydrogen-bond donors (Lipinski definition) is 2. The van der Waals surface area contributed by atoms with E-state index in [9.17, 15) is 5.11 Å². The molecule has 0 unspecified atom stereocenters. The van der Waals surface area contributed by atoms with Crippen molar-refractivity contribution < 1.29 is 5.11 Å². The molecule has 0 aliphatic heterocycles. The van der Waals surface area contributed by atoms with E-state index < -0.39 is 11.6 Å². The first kappa shape index (κ1) is 14.4. The van der Waals surface area contributed by atoms with Crippen LogP contribution in [0.5, 0.6) is 0 Å². The first-order chi connectivity index (χ1) is 10.7. The fourth-order valence-electron chi connectivity index (χ4n) is 2.60. The van der Waals surface area contributed by atoms with Crippen molar-refractivity contribution >= 4 is 0 Å². The van der Waals surface area contributed by atoms with Gasteiger partial charge in [0.2, 0.25) is 0 Å². The summed E-state index contributed by atoms with van der Waals surface area (Å²) in [6.07, 6.45) is 6.61. The van der Waals surface area contributed by atoms with Crippen molar-refractivity contribution in [2.75, 3.05) is 0 Å². The second-order valence-corrected chi connectivity index (χ2v) is 5.14. The van der Waals surface area contributed by atoms with Crippen molar-refractivity contribution in [1.29, 1.82) is 0 Å². The van der Waals surface area contributed by atoms with Gasteiger partial charge in [-0.2, -0.15) is 0 Å². The SMILES string of the molecule is N[C@H](c1ccccc1)C(O)(c1cccnc1)c1cccnc1. The van der Waals surface area contributed by atoms with Crippen LogP contribution in [0.3, 0.4) is 0 Å². The van der Waals surface area contributed by atoms with Crippen molar-refractivity contribution in [3.63, 3.8) is 0 Å². The number of pyridine rings is 2. The molecular formula is C18H17N3O. The first-order valence-electron chi connectivity index (χ1n) is 7.07. The molecule has 3 rings (SSSR count). The molecule has 0 spiro atoms. The van der Waals surface area contributed by atoms with Gasteiger partial charge in [-0.25, -0.2) is 0 Å². The smallest absolute Gasteiger partial charge is 0.137 e. The number of aromatic nitrogens is 2. The Morgan fingerprint density at radius 1 is 0.818 bits per heavy atom. The molecule has 0 fully saturated rings. The molecule has 0 saturated heterocycles. The highest BCUT2D eigenvalue weighted by Gasteiger charge is 2.39. The van der Waals surface area contributed by atoms with E-state index in [-0.39, 0.29) is 0 Å². The first-order valence-corrected chi connectivity index (χ1v) is 7.07. The highest BCUT2D eigenvalue weighted by molar-refractivity contribution is 5.38. The minimum atomic E-state index is -1.40. The summed E-state index contributed by atoms with van der Waals surface area (Å²) in [5.74, 6) is 0. The molecule has 0 radical (unpaired) electrons. The standard InChI is InChI=1S/C18H17N3O/c19-17(14-6-2-1-3-7-14)18(22,15-8-4-10-20-12-15)16-9-5-11-21-13-16/h1-13,17,22H,19H2/t17-/m1/s1. The summed E-state index contributed by atoms with van der Waals surface area (Å²) in [7, 11) is 0. The summed E-state index contributed by atoms with van der Waals surface area (Å²) in [4.78, 5) is 8.23. The average molecular weight is 291 g/mol. The Balaban J connectivity index is 2.16. The maximum atomic E-state index is 11.5. The van der Waals surface area contributed by atoms with E-state index >= 15 is 0 Å². The summed E-state index contributed by atoms with van der Waals surface area (Å²) < 4.78 is 0. The van der Waals surface area contributed by atoms with Crippen molar-refractivity contribution in [3.8, 4) is 0 Å². The van der Waals surface area contributed by atoms with Gasteiger partial charge in [-0.15, -0.1) is 0 Å². The Morgan fingerprint density at radius 2 is 1.36 bits per heavy atom. The van der Waals surface area contributed by atoms with Gasteiger partial charge in [0.1, 0.15) is 5.60 Å². The highest BCUT2D eigenvalue weighted by Crippen LogP contribution is 2.38. The van der Waals surface area contributed by atoms with E-state index in [0.717, 1.165) is 5.56 Å². The summed E-state index contributed by atoms with van der Waals surface area (Å²) in [6, 6.07) is 16.1. The molecule has 4 nitrogen and oxygen atoms in total. The zero-order valence-corrected chi connectivity index (χ0v) is 12.0. The minimum absolute atomic E-state index is 0.637. The average Bonchev–Trinajstić information content (AvgIpc) is 2.62. The van der Waals surface area contributed by atoms with E-state index in [2.05, 4.69) is 9.97 Å². The quantitative estimate of drug-likeness (QED) is 0.774. The van der Waals surface area contributed by atoms with Gasteiger partial charge in [0, 0.05) is 35.9 Å². The lowest BCUT2D eigenvalue weighted by Crippen LogP contribution is -2.40. The molecule has 2 aromatic heterocycles. The van der Waals surface area contributed by atoms with Crippen molar-refractivity contribution in [1.82, 2.24) is 9.97 Å². The predicted octanol–water partition coefficient (Wildman–Crippen LogP) is 2.41. The van der Waals surface area contributed by atoms with Crippen molar-refractivity contribution in [2.24, 2.45) is 5.73 Å². The molecule has 0 aliphatic rings. The summed E-state index contributed by atoms with van der Waals surface area (Å²) in [5, 5.41) is 11.5. The van der Waals surface area contributed by atoms with Gasteiger partial charge in [0.05, 0.1) is 6.04 Å². The Hall–Kier alpha value is -2.56. The third-order valence-electron chi connectivity index (χ3n) is 3.81. The highest BCUT2D eigenvalue weighted by atomic mass is 16.3. The van der Waals surface area contributed by atoms with Crippen LogP contribution in [0.1, 0.15) is 22.7 Å². The zero-order chi connectivity index (χ0) is 15.4. The third-order valence-corrected chi connectivity index (χ3v) is 3.81. The Bertz CT molecular complexity index is 678. The van der Waals surface area contributed by atoms with Crippen LogP contribution in [0, 0.1) is 0 Å². The molecule has 3 aromatic rings. The lowest BCUT2D eigenvalue weighted by molar-refractivity contribution is 0.0505. The Labute approximate surface area is 129 Å². The number of aliphatic hydroxyl groups is 1. The van der Waals surface area contributed by atoms with Crippen molar-refractivity contribution in [3.05, 3.63) is 96.1 Å². The molecule has 0 bridgehead atoms. The van der Waals surface area contributed by atoms with Crippen LogP contribution >= 0.6 is 0 Å². The van der Waals surface area contributed by atoms with Gasteiger partial charge >= 0.3 is 0 Å². The maximum absolute atomic E-state index is 11.5. The van der Waals surface area contributed by atoms with E-state index in [1.807, 2.05) is 42.5 Å². The summed E-state index contributed by atoms with van der Waals surface area (Å²) in [5.41, 5.74) is 7.15. The minimum Gasteiger partial charge on any atom is -0.378 e. The van der Waals surface area contributed by atoms with E-state index in [0.29, 0.717) is 11.1 Å². The molecule has 3 N–H and O–H groups in total. The molecule has 0 saturated carbocycles. The molecule has 22 heavy (non-hydrogen) atoms. The summed E-state index contributed by atoms with van der Waals surface area (Å²) in [6.45, 7) is 0. The number of nitrogens with two attached hydrogens (primary N) is 1. The number of hydrogen-bond acceptors (Lipinski definition) is 4. The number of benzene rings is 1. The van der Waals surface area contributed by atoms with Crippen molar-refractivity contribution in [2.45, 2.75) is 11.6 Å². The Kier molecular flexibility index (Phi) is 3.96. The second-order valence-electron chi connectivity index (χ2n) is 5.14. The molecule has 1 atom stereocenters. The van der Waals surface area contributed by atoms with Crippen LogP contribution in [-0.2, 0) is 5.60 Å². The molecule has 2 heterocycles. The fraction of sp³-hybridized carbons (Fsp3) is 0.111. The van der Waals surface area contributed by atoms with Crippen LogP contribution in [-0.4, -0.2) is 15.1 Å². The lowest BCUT2D eigenvalue weighted by atomic mass is 9.79. The maximum Gasteiger partial charge on any atom is 0.137 e. The fourth-order valence-corrected chi connectivity index (χ4v) is 2.60. The van der Waals surface area contributed by atoms with Crippen LogP contribution in [0.4, 0.5) is 0 Å². The van der Waals surface area contributed by atoms with Gasteiger partial charge in [-0.3, -0.25) is 9.97 Å². The van der Waals surface area contributed by atoms with Crippen LogP contribution in [0.15, 0.2) is 79.4 Å². The molecule has 0 amide bonds. The van der Waals surface area contributed by atoms with Crippen LogP contribution in [0.2, 0.25) is 0 Å². The number of rotatable bonds is 4. The molecule has 110 valence electrons. The third kappa shape index (κ3) is 2.50. The largest absolute Gasteiger partial charge is 0.378 e. The lowest BCUT2D eigenvalue weighted by Gasteiger charge is -2.34. The molecular weight excluding hydrogens is 274 g/mol. The van der Waals surface area contributed by atoms with E-state index in [1.165, 1.54) is 0 Å². The molecule has 1 aromatic carbocycles. The second kappa shape index (κ2) is 6.05. The van der Waals surface area contributed by atoms with Gasteiger partial charge < -0.3 is 10.8 Å². The van der Waals surface area contributed by atoms with Gasteiger partial charge in [0.15, 0.2) is 0 Å². The normalized spacial score (nSPS) is 12.8. The van der Waals surface area contributed by atoms with E-state index in [4.69, 9.17) is 5.73 Å². The zero-order valence-electron chi connectivity index (χ0n) is 12.0. The van der Waals surface area contributed by atoms with Crippen LogP contribution in [0.25, 0.3) is 0 Å². The Morgan fingerprint density at radius 3 is 1.82 bits per heavy atom. The molecule has 4 heteroatoms. The predicted molar refractivity (Wildman–Crippen MR) is 84.8 cm³/mol. The molecule has 0 aliphatic carbocycles. The van der Waals surface area contributed by atoms with E-state index in [1.54, 1.807) is 36.9 Å². The summed E-state index contributed by atoms with van der Waals surface area (Å²) >= 11 is 0. The topological polar surface area (TPSA) is 72.0 Å². The number of nitrogens with zero attached hydrogens (tertiary/aromatic N) is 2. The van der Waals surface area contributed by atoms with Gasteiger partial charge in [-0.1, -0.05) is 42.5 Å². The van der Waals surface area contributed by atoms with Gasteiger partial charge in [-0.05, 0) is 17.7 Å². The monoisotopic (exact) mass is 291 g/mol.